The molecule has 0 spiro atoms. The zero-order valence-corrected chi connectivity index (χ0v) is 27.5. The molecule has 0 saturated heterocycles. The fourth-order valence-electron chi connectivity index (χ4n) is 5.21. The van der Waals surface area contributed by atoms with Gasteiger partial charge in [-0.3, -0.25) is 4.90 Å². The monoisotopic (exact) mass is 669 g/mol. The SMILES string of the molecule is COC(=O)c1cc(S(=O)(=O)c2ccc(CCN(Cc3ccccc3)C[C@@H](O)c3cccc(Cl)c3)cc2)ccc1OCc1ccccc1. The summed E-state index contributed by atoms with van der Waals surface area (Å²) < 4.78 is 38.0. The number of ether oxygens (including phenoxy) is 2. The molecule has 0 aliphatic rings. The minimum absolute atomic E-state index is 0.0274. The van der Waals surface area contributed by atoms with E-state index in [0.717, 1.165) is 22.3 Å². The van der Waals surface area contributed by atoms with Crippen LogP contribution in [0, 0.1) is 0 Å². The Morgan fingerprint density at radius 1 is 0.787 bits per heavy atom. The molecular weight excluding hydrogens is 634 g/mol. The largest absolute Gasteiger partial charge is 0.488 e. The first-order valence-corrected chi connectivity index (χ1v) is 17.0. The van der Waals surface area contributed by atoms with E-state index in [1.54, 1.807) is 36.4 Å². The first kappa shape index (κ1) is 33.9. The zero-order valence-electron chi connectivity index (χ0n) is 26.0. The van der Waals surface area contributed by atoms with Gasteiger partial charge in [-0.05, 0) is 71.1 Å². The number of aliphatic hydroxyl groups excluding tert-OH is 1. The molecule has 0 saturated carbocycles. The third-order valence-electron chi connectivity index (χ3n) is 7.77. The van der Waals surface area contributed by atoms with E-state index >= 15 is 0 Å². The summed E-state index contributed by atoms with van der Waals surface area (Å²) in [5.74, 6) is -0.462. The fourth-order valence-corrected chi connectivity index (χ4v) is 6.69. The lowest BCUT2D eigenvalue weighted by Gasteiger charge is -2.25. The summed E-state index contributed by atoms with van der Waals surface area (Å²) in [5.41, 5.74) is 3.74. The molecule has 0 aromatic heterocycles. The van der Waals surface area contributed by atoms with Crippen LogP contribution in [0.25, 0.3) is 0 Å². The second-order valence-electron chi connectivity index (χ2n) is 11.1. The van der Waals surface area contributed by atoms with Crippen molar-refractivity contribution in [3.8, 4) is 5.75 Å². The number of carbonyl (C=O) groups excluding carboxylic acids is 1. The van der Waals surface area contributed by atoms with Crippen LogP contribution < -0.4 is 4.74 Å². The van der Waals surface area contributed by atoms with Gasteiger partial charge < -0.3 is 14.6 Å². The maximum atomic E-state index is 13.6. The van der Waals surface area contributed by atoms with Gasteiger partial charge in [0.15, 0.2) is 0 Å². The molecule has 9 heteroatoms. The standard InChI is InChI=1S/C38H36ClNO6S/c1-45-38(42)35-24-34(19-20-37(35)46-27-30-11-6-3-7-12-30)47(43,44)33-17-15-28(16-18-33)21-22-40(25-29-9-4-2-5-10-29)26-36(41)31-13-8-14-32(39)23-31/h2-20,23-24,36,41H,21-22,25-27H2,1H3/t36-/m1/s1. The van der Waals surface area contributed by atoms with Crippen molar-refractivity contribution >= 4 is 27.4 Å². The second-order valence-corrected chi connectivity index (χ2v) is 13.5. The molecule has 0 heterocycles. The average molecular weight is 670 g/mol. The van der Waals surface area contributed by atoms with Gasteiger partial charge in [0.2, 0.25) is 9.84 Å². The van der Waals surface area contributed by atoms with Crippen LogP contribution >= 0.6 is 11.6 Å². The lowest BCUT2D eigenvalue weighted by molar-refractivity contribution is 0.0595. The predicted molar refractivity (Wildman–Crippen MR) is 182 cm³/mol. The smallest absolute Gasteiger partial charge is 0.341 e. The van der Waals surface area contributed by atoms with Crippen LogP contribution in [0.1, 0.15) is 38.7 Å². The van der Waals surface area contributed by atoms with Crippen LogP contribution in [-0.4, -0.2) is 44.6 Å². The van der Waals surface area contributed by atoms with Gasteiger partial charge in [-0.25, -0.2) is 13.2 Å². The van der Waals surface area contributed by atoms with Gasteiger partial charge >= 0.3 is 5.97 Å². The van der Waals surface area contributed by atoms with Crippen LogP contribution in [0.3, 0.4) is 0 Å². The molecule has 5 aromatic rings. The van der Waals surface area contributed by atoms with Crippen molar-refractivity contribution < 1.29 is 27.8 Å². The number of halogens is 1. The molecule has 7 nitrogen and oxygen atoms in total. The Hall–Kier alpha value is -4.47. The summed E-state index contributed by atoms with van der Waals surface area (Å²) in [4.78, 5) is 14.8. The fraction of sp³-hybridized carbons (Fsp3) is 0.184. The highest BCUT2D eigenvalue weighted by atomic mass is 35.5. The number of methoxy groups -OCH3 is 1. The number of esters is 1. The van der Waals surface area contributed by atoms with Gasteiger partial charge in [-0.1, -0.05) is 96.5 Å². The number of benzene rings is 5. The van der Waals surface area contributed by atoms with Gasteiger partial charge in [0.1, 0.15) is 17.9 Å². The maximum absolute atomic E-state index is 13.6. The Balaban J connectivity index is 1.29. The molecule has 5 aromatic carbocycles. The highest BCUT2D eigenvalue weighted by molar-refractivity contribution is 7.91. The van der Waals surface area contributed by atoms with Gasteiger partial charge in [0, 0.05) is 24.7 Å². The molecule has 0 radical (unpaired) electrons. The third-order valence-corrected chi connectivity index (χ3v) is 9.77. The summed E-state index contributed by atoms with van der Waals surface area (Å²) in [7, 11) is -2.71. The van der Waals surface area contributed by atoms with E-state index in [1.807, 2.05) is 72.8 Å². The first-order chi connectivity index (χ1) is 22.7. The highest BCUT2D eigenvalue weighted by Crippen LogP contribution is 2.29. The normalized spacial score (nSPS) is 12.1. The van der Waals surface area contributed by atoms with Crippen molar-refractivity contribution in [2.24, 2.45) is 0 Å². The summed E-state index contributed by atoms with van der Waals surface area (Å²) in [6.45, 7) is 1.88. The van der Waals surface area contributed by atoms with Crippen LogP contribution in [0.4, 0.5) is 0 Å². The number of aliphatic hydroxyl groups is 1. The lowest BCUT2D eigenvalue weighted by atomic mass is 10.1. The molecule has 0 unspecified atom stereocenters. The van der Waals surface area contributed by atoms with E-state index < -0.39 is 21.9 Å². The van der Waals surface area contributed by atoms with Crippen molar-refractivity contribution in [3.63, 3.8) is 0 Å². The van der Waals surface area contributed by atoms with Gasteiger partial charge in [0.05, 0.1) is 23.0 Å². The number of nitrogens with zero attached hydrogens (tertiary/aromatic N) is 1. The Morgan fingerprint density at radius 2 is 1.45 bits per heavy atom. The number of hydrogen-bond donors (Lipinski definition) is 1. The number of carbonyl (C=O) groups is 1. The van der Waals surface area contributed by atoms with E-state index in [-0.39, 0.29) is 27.7 Å². The Kier molecular flexibility index (Phi) is 11.5. The molecule has 0 amide bonds. The summed E-state index contributed by atoms with van der Waals surface area (Å²) in [5, 5.41) is 11.6. The molecule has 0 fully saturated rings. The molecule has 1 N–H and O–H groups in total. The third kappa shape index (κ3) is 9.08. The number of rotatable bonds is 14. The Bertz CT molecular complexity index is 1880. The Morgan fingerprint density at radius 3 is 2.11 bits per heavy atom. The lowest BCUT2D eigenvalue weighted by Crippen LogP contribution is -2.30. The van der Waals surface area contributed by atoms with E-state index in [2.05, 4.69) is 4.90 Å². The summed E-state index contributed by atoms with van der Waals surface area (Å²) in [6.07, 6.45) is -0.0926. The summed E-state index contributed by atoms with van der Waals surface area (Å²) in [6, 6.07) is 37.6. The van der Waals surface area contributed by atoms with Crippen LogP contribution in [0.2, 0.25) is 5.02 Å². The first-order valence-electron chi connectivity index (χ1n) is 15.2. The topological polar surface area (TPSA) is 93.1 Å². The zero-order chi connectivity index (χ0) is 33.2. The van der Waals surface area contributed by atoms with Gasteiger partial charge in [-0.2, -0.15) is 0 Å². The molecule has 0 bridgehead atoms. The summed E-state index contributed by atoms with van der Waals surface area (Å²) >= 11 is 6.16. The van der Waals surface area contributed by atoms with Crippen molar-refractivity contribution in [1.82, 2.24) is 4.90 Å². The second kappa shape index (κ2) is 15.9. The van der Waals surface area contributed by atoms with E-state index in [4.69, 9.17) is 21.1 Å². The maximum Gasteiger partial charge on any atom is 0.341 e. The molecule has 1 atom stereocenters. The van der Waals surface area contributed by atoms with Crippen molar-refractivity contribution in [1.29, 1.82) is 0 Å². The van der Waals surface area contributed by atoms with E-state index in [0.29, 0.717) is 31.1 Å². The molecular formula is C38H36ClNO6S. The predicted octanol–water partition coefficient (Wildman–Crippen LogP) is 7.32. The minimum atomic E-state index is -3.94. The molecule has 0 aliphatic heterocycles. The molecule has 47 heavy (non-hydrogen) atoms. The van der Waals surface area contributed by atoms with Crippen LogP contribution in [0.5, 0.6) is 5.75 Å². The van der Waals surface area contributed by atoms with Gasteiger partial charge in [-0.15, -0.1) is 0 Å². The van der Waals surface area contributed by atoms with E-state index in [1.165, 1.54) is 25.3 Å². The quantitative estimate of drug-likeness (QED) is 0.124. The van der Waals surface area contributed by atoms with Crippen LogP contribution in [0.15, 0.2) is 137 Å². The molecule has 5 rings (SSSR count). The van der Waals surface area contributed by atoms with Crippen molar-refractivity contribution in [2.45, 2.75) is 35.5 Å². The minimum Gasteiger partial charge on any atom is -0.488 e. The highest BCUT2D eigenvalue weighted by Gasteiger charge is 2.23. The van der Waals surface area contributed by atoms with Crippen molar-refractivity contribution in [2.75, 3.05) is 20.2 Å². The number of sulfone groups is 1. The van der Waals surface area contributed by atoms with Crippen molar-refractivity contribution in [3.05, 3.63) is 160 Å². The average Bonchev–Trinajstić information content (AvgIpc) is 3.10. The van der Waals surface area contributed by atoms with Crippen LogP contribution in [-0.2, 0) is 34.1 Å². The Labute approximate surface area is 280 Å². The molecule has 0 aliphatic carbocycles. The van der Waals surface area contributed by atoms with Gasteiger partial charge in [0.25, 0.3) is 0 Å². The molecule has 242 valence electrons. The van der Waals surface area contributed by atoms with E-state index in [9.17, 15) is 18.3 Å². The number of hydrogen-bond acceptors (Lipinski definition) is 7.